The van der Waals surface area contributed by atoms with Crippen LogP contribution in [0.5, 0.6) is 0 Å². The molecule has 5 N–H and O–H groups in total. The van der Waals surface area contributed by atoms with Gasteiger partial charge in [-0.05, 0) is 47.5 Å². The van der Waals surface area contributed by atoms with E-state index in [0.717, 1.165) is 64.6 Å². The highest BCUT2D eigenvalue weighted by Crippen LogP contribution is 2.05. The molecule has 0 aliphatic carbocycles. The summed E-state index contributed by atoms with van der Waals surface area (Å²) < 4.78 is 70.1. The van der Waals surface area contributed by atoms with E-state index in [0.29, 0.717) is 6.67 Å². The fourth-order valence-corrected chi connectivity index (χ4v) is 6.14. The van der Waals surface area contributed by atoms with Crippen LogP contribution in [0.25, 0.3) is 0 Å². The zero-order chi connectivity index (χ0) is 61.3. The molecule has 6 aliphatic heterocycles. The average Bonchev–Trinajstić information content (AvgIpc) is 4.08. The topological polar surface area (TPSA) is 358 Å². The molecule has 6 aliphatic rings. The Morgan fingerprint density at radius 2 is 1.12 bits per heavy atom. The third-order valence-corrected chi connectivity index (χ3v) is 9.07. The van der Waals surface area contributed by atoms with E-state index < -0.39 is 42.1 Å². The molecular weight excluding hydrogens is 1070 g/mol. The van der Waals surface area contributed by atoms with Gasteiger partial charge in [-0.15, -0.1) is 5.11 Å². The molecule has 1 aromatic heterocycles. The van der Waals surface area contributed by atoms with Crippen molar-refractivity contribution in [3.05, 3.63) is 28.0 Å². The molecule has 3 saturated heterocycles. The molecular formula is C48H97N9O15S4. The minimum absolute atomic E-state index is 0.0255. The molecule has 1 aromatic rings. The van der Waals surface area contributed by atoms with E-state index in [2.05, 4.69) is 194 Å². The van der Waals surface area contributed by atoms with Crippen molar-refractivity contribution in [2.24, 2.45) is 61.6 Å². The third-order valence-electron chi connectivity index (χ3n) is 4.46. The lowest BCUT2D eigenvalue weighted by atomic mass is 10.3. The van der Waals surface area contributed by atoms with Crippen molar-refractivity contribution in [1.82, 2.24) is 24.4 Å². The van der Waals surface area contributed by atoms with Crippen LogP contribution in [0.15, 0.2) is 42.7 Å². The number of aromatic amines is 1. The number of rotatable bonds is 0. The van der Waals surface area contributed by atoms with Crippen LogP contribution in [0.2, 0.25) is 0 Å². The number of carbonyl (C=O) groups excluding carboxylic acids is 5. The Morgan fingerprint density at radius 1 is 0.658 bits per heavy atom. The molecule has 1 amide bonds. The van der Waals surface area contributed by atoms with Crippen molar-refractivity contribution in [3.63, 3.8) is 0 Å². The fourth-order valence-electron chi connectivity index (χ4n) is 2.52. The lowest BCUT2D eigenvalue weighted by molar-refractivity contribution is -0.144. The number of ketones is 3. The number of amides is 1. The lowest BCUT2D eigenvalue weighted by Crippen LogP contribution is -2.15. The van der Waals surface area contributed by atoms with Gasteiger partial charge in [-0.1, -0.05) is 145 Å². The minimum atomic E-state index is -3.20. The van der Waals surface area contributed by atoms with Crippen LogP contribution in [0.1, 0.15) is 158 Å². The van der Waals surface area contributed by atoms with Gasteiger partial charge in [0, 0.05) is 23.6 Å². The van der Waals surface area contributed by atoms with E-state index in [1.54, 1.807) is 0 Å². The maximum Gasteiger partial charge on any atom is 0.341 e. The van der Waals surface area contributed by atoms with Gasteiger partial charge in [-0.3, -0.25) is 33.8 Å². The summed E-state index contributed by atoms with van der Waals surface area (Å²) >= 11 is 1.05. The molecule has 448 valence electrons. The molecule has 0 bridgehead atoms. The molecule has 28 heteroatoms. The second-order valence-electron chi connectivity index (χ2n) is 20.7. The van der Waals surface area contributed by atoms with Crippen LogP contribution < -0.4 is 21.2 Å². The Labute approximate surface area is 460 Å². The summed E-state index contributed by atoms with van der Waals surface area (Å²) in [6.45, 7) is 46.0. The number of sulfonamides is 1. The number of aromatic nitrogens is 2. The van der Waals surface area contributed by atoms with E-state index in [1.165, 1.54) is 18.9 Å². The number of H-pyrrole nitrogens is 1. The highest BCUT2D eigenvalue weighted by Gasteiger charge is 2.25. The van der Waals surface area contributed by atoms with Crippen molar-refractivity contribution in [3.8, 4) is 0 Å². The predicted molar refractivity (Wildman–Crippen MR) is 305 cm³/mol. The monoisotopic (exact) mass is 1170 g/mol. The van der Waals surface area contributed by atoms with Crippen LogP contribution >= 0.6 is 11.7 Å². The number of carbonyl (C=O) groups is 5. The van der Waals surface area contributed by atoms with Gasteiger partial charge in [0.2, 0.25) is 10.0 Å². The average molecular weight is 1170 g/mol. The van der Waals surface area contributed by atoms with Crippen molar-refractivity contribution in [1.29, 1.82) is 0 Å². The Morgan fingerprint density at radius 3 is 1.21 bits per heavy atom. The summed E-state index contributed by atoms with van der Waals surface area (Å²) in [6, 6.07) is 0. The number of sulfone groups is 2. The van der Waals surface area contributed by atoms with Crippen LogP contribution in [0.3, 0.4) is 0 Å². The predicted octanol–water partition coefficient (Wildman–Crippen LogP) is 7.06. The lowest BCUT2D eigenvalue weighted by Gasteiger charge is -1.90. The van der Waals surface area contributed by atoms with Gasteiger partial charge in [0.25, 0.3) is 17.9 Å². The zero-order valence-corrected chi connectivity index (χ0v) is 52.5. The molecule has 7 rings (SSSR count). The smallest absolute Gasteiger partial charge is 0.341 e. The normalized spacial score (nSPS) is 17.4. The van der Waals surface area contributed by atoms with Gasteiger partial charge in [0.15, 0.2) is 37.9 Å². The number of nitrogens with one attached hydrogen (secondary N) is 4. The van der Waals surface area contributed by atoms with E-state index in [-0.39, 0.29) is 71.2 Å². The molecule has 3 fully saturated rings. The SMILES string of the molecule is C1=NCN=N1.CC(C)C.CC(C)C.CC(C)C.CC(C)C.CC(C)C.CC(C)C.CC(C)C.O=C1C=CS(=O)(=O)C1.O=C1CC(=O)ON1.O=C1CCS(=O)(=O)C1.O=C1CNS(=O)(=O)C1.O=c1cns[nH]1.OC1N=CNO1. The van der Waals surface area contributed by atoms with E-state index >= 15 is 0 Å². The van der Waals surface area contributed by atoms with Crippen LogP contribution in [-0.4, -0.2) is 124 Å². The summed E-state index contributed by atoms with van der Waals surface area (Å²) in [5.41, 5.74) is 3.99. The first kappa shape index (κ1) is 85.4. The first-order valence-electron chi connectivity index (χ1n) is 24.6. The van der Waals surface area contributed by atoms with Crippen molar-refractivity contribution in [2.75, 3.05) is 36.2 Å². The number of nitrogens with zero attached hydrogens (tertiary/aromatic N) is 5. The molecule has 7 heterocycles. The molecule has 24 nitrogen and oxygen atoms in total. The number of allylic oxidation sites excluding steroid dienone is 1. The minimum Gasteiger partial charge on any atom is -0.348 e. The van der Waals surface area contributed by atoms with Gasteiger partial charge >= 0.3 is 5.97 Å². The van der Waals surface area contributed by atoms with Gasteiger partial charge in [-0.25, -0.2) is 49.6 Å². The second-order valence-corrected chi connectivity index (χ2v) is 27.2. The number of Topliss-reactive ketones (excluding diaryl/α,β-unsaturated/α-hetero) is 2. The Bertz CT molecular complexity index is 2000. The first-order valence-corrected chi connectivity index (χ1v) is 30.6. The number of hydrogen-bond acceptors (Lipinski definition) is 22. The summed E-state index contributed by atoms with van der Waals surface area (Å²) in [7, 11) is -9.27. The maximum atomic E-state index is 10.4. The zero-order valence-electron chi connectivity index (χ0n) is 49.2. The molecule has 1 unspecified atom stereocenters. The Balaban J connectivity index is -0.000000136. The van der Waals surface area contributed by atoms with Crippen molar-refractivity contribution < 1.29 is 64.0 Å². The van der Waals surface area contributed by atoms with Gasteiger partial charge in [-0.2, -0.15) is 15.0 Å². The molecule has 0 spiro atoms. The number of hydrogen-bond donors (Lipinski definition) is 5. The van der Waals surface area contributed by atoms with Crippen molar-refractivity contribution in [2.45, 2.75) is 165 Å². The quantitative estimate of drug-likeness (QED) is 0.162. The van der Waals surface area contributed by atoms with Crippen LogP contribution in [0, 0.1) is 41.4 Å². The van der Waals surface area contributed by atoms with Gasteiger partial charge < -0.3 is 9.94 Å². The summed E-state index contributed by atoms with van der Waals surface area (Å²) in [5.74, 6) is 3.37. The number of aliphatic hydroxyl groups is 1. The summed E-state index contributed by atoms with van der Waals surface area (Å²) in [5, 5.41) is 16.1. The molecule has 0 saturated carbocycles. The molecule has 0 aromatic carbocycles. The summed E-state index contributed by atoms with van der Waals surface area (Å²) in [6.07, 6.45) is 4.14. The van der Waals surface area contributed by atoms with Gasteiger partial charge in [0.1, 0.15) is 48.3 Å². The molecule has 0 radical (unpaired) electrons. The number of aliphatic hydroxyl groups excluding tert-OH is 1. The third kappa shape index (κ3) is 102. The largest absolute Gasteiger partial charge is 0.348 e. The van der Waals surface area contributed by atoms with Crippen molar-refractivity contribution >= 4 is 83.3 Å². The summed E-state index contributed by atoms with van der Waals surface area (Å²) in [4.78, 5) is 75.8. The number of aliphatic imine (C=N–C) groups is 2. The molecule has 1 atom stereocenters. The highest BCUT2D eigenvalue weighted by atomic mass is 32.2. The Hall–Kier alpha value is -4.48. The van der Waals surface area contributed by atoms with E-state index in [4.69, 9.17) is 5.11 Å². The number of azo groups is 1. The van der Waals surface area contributed by atoms with Crippen LogP contribution in [-0.2, 0) is 63.3 Å². The van der Waals surface area contributed by atoms with Gasteiger partial charge in [0.05, 0.1) is 12.3 Å². The van der Waals surface area contributed by atoms with Crippen LogP contribution in [0.4, 0.5) is 0 Å². The number of hydroxylamine groups is 2. The fraction of sp³-hybridized carbons (Fsp3) is 0.771. The van der Waals surface area contributed by atoms with E-state index in [1.807, 2.05) is 5.48 Å². The standard InChI is InChI=1S/C4H6O3S.C4H4O3S.7C4H10.C3H5NO3S.C3H3NO3.C2H3N3.C2H4N2O2.C2H2N2OS/c2*5-4-1-2-8(6,7)3-4;7*1-4(2)3;5-3-1-4-8(6,7)2-3;5-2-1-3(6)7-4-2;1-3-2-5-4-1;5-2-3-1-4-6-2;5-2-1-3-6-4-2/h1-3H2;1-2H,3H2;7*4H,1-3H3;4H,1-2H2;1H2,(H,4,5);1H,2H2;1-2,5H,(H,3,4);1H,(H,4,5). The first-order chi connectivity index (χ1) is 34.5. The van der Waals surface area contributed by atoms with E-state index in [9.17, 15) is 54.0 Å². The maximum absolute atomic E-state index is 10.4. The molecule has 76 heavy (non-hydrogen) atoms. The highest BCUT2D eigenvalue weighted by molar-refractivity contribution is 7.95. The Kier molecular flexibility index (Phi) is 59.1. The second kappa shape index (κ2) is 52.6.